The molecule has 6 heteroatoms. The Balaban J connectivity index is 1.71. The molecule has 1 saturated carbocycles. The second kappa shape index (κ2) is 7.04. The number of carbonyl (C=O) groups is 2. The number of ether oxygens (including phenoxy) is 1. The van der Waals surface area contributed by atoms with Gasteiger partial charge in [-0.1, -0.05) is 6.42 Å². The molecule has 114 valence electrons. The van der Waals surface area contributed by atoms with E-state index in [1.54, 1.807) is 0 Å². The molecule has 20 heavy (non-hydrogen) atoms. The van der Waals surface area contributed by atoms with Gasteiger partial charge >= 0.3 is 5.97 Å². The number of piperidine rings is 1. The molecule has 2 fully saturated rings. The van der Waals surface area contributed by atoms with Crippen molar-refractivity contribution in [3.8, 4) is 0 Å². The second-order valence-corrected chi connectivity index (χ2v) is 5.74. The molecule has 0 radical (unpaired) electrons. The third-order valence-electron chi connectivity index (χ3n) is 4.31. The summed E-state index contributed by atoms with van der Waals surface area (Å²) >= 11 is 0. The van der Waals surface area contributed by atoms with Gasteiger partial charge in [0.25, 0.3) is 0 Å². The average molecular weight is 284 g/mol. The zero-order valence-corrected chi connectivity index (χ0v) is 11.8. The van der Waals surface area contributed by atoms with Gasteiger partial charge in [0.2, 0.25) is 5.91 Å². The topological polar surface area (TPSA) is 92.9 Å². The van der Waals surface area contributed by atoms with Gasteiger partial charge < -0.3 is 20.5 Å². The maximum absolute atomic E-state index is 12.3. The molecule has 3 N–H and O–H groups in total. The Morgan fingerprint density at radius 1 is 1.20 bits per heavy atom. The number of aliphatic carboxylic acids is 1. The van der Waals surface area contributed by atoms with Gasteiger partial charge in [0.05, 0.1) is 25.0 Å². The zero-order valence-electron chi connectivity index (χ0n) is 11.8. The van der Waals surface area contributed by atoms with Crippen molar-refractivity contribution in [3.63, 3.8) is 0 Å². The first kappa shape index (κ1) is 15.3. The van der Waals surface area contributed by atoms with Crippen molar-refractivity contribution in [2.45, 2.75) is 50.7 Å². The Kier molecular flexibility index (Phi) is 5.37. The fourth-order valence-corrected chi connectivity index (χ4v) is 3.09. The summed E-state index contributed by atoms with van der Waals surface area (Å²) in [5, 5.41) is 8.56. The van der Waals surface area contributed by atoms with Crippen LogP contribution in [0.15, 0.2) is 0 Å². The van der Waals surface area contributed by atoms with Crippen molar-refractivity contribution in [2.75, 3.05) is 19.7 Å². The first-order chi connectivity index (χ1) is 9.58. The van der Waals surface area contributed by atoms with E-state index in [4.69, 9.17) is 15.6 Å². The highest BCUT2D eigenvalue weighted by molar-refractivity contribution is 5.80. The van der Waals surface area contributed by atoms with Crippen molar-refractivity contribution in [1.82, 2.24) is 4.90 Å². The average Bonchev–Trinajstić information content (AvgIpc) is 2.84. The summed E-state index contributed by atoms with van der Waals surface area (Å²) in [6, 6.07) is 0.0204. The largest absolute Gasteiger partial charge is 0.481 e. The molecule has 0 spiro atoms. The van der Waals surface area contributed by atoms with Crippen LogP contribution < -0.4 is 5.73 Å². The summed E-state index contributed by atoms with van der Waals surface area (Å²) in [6.07, 6.45) is 4.60. The molecule has 0 aromatic heterocycles. The number of hydrogen-bond acceptors (Lipinski definition) is 4. The lowest BCUT2D eigenvalue weighted by molar-refractivity contribution is -0.139. The standard InChI is InChI=1S/C14H24N2O4/c15-12-3-1-2-11(12)14(19)16-7-4-10(5-8-16)20-9-6-13(17)18/h10-12H,1-9,15H2,(H,17,18). The van der Waals surface area contributed by atoms with Gasteiger partial charge in [-0.2, -0.15) is 0 Å². The van der Waals surface area contributed by atoms with E-state index in [0.29, 0.717) is 13.1 Å². The second-order valence-electron chi connectivity index (χ2n) is 5.74. The van der Waals surface area contributed by atoms with Crippen molar-refractivity contribution < 1.29 is 19.4 Å². The van der Waals surface area contributed by atoms with Gasteiger partial charge in [0, 0.05) is 19.1 Å². The van der Waals surface area contributed by atoms with Crippen LogP contribution in [0.1, 0.15) is 38.5 Å². The monoisotopic (exact) mass is 284 g/mol. The minimum absolute atomic E-state index is 0.000483. The molecule has 6 nitrogen and oxygen atoms in total. The van der Waals surface area contributed by atoms with Crippen LogP contribution in [0.3, 0.4) is 0 Å². The van der Waals surface area contributed by atoms with Gasteiger partial charge in [-0.25, -0.2) is 0 Å². The lowest BCUT2D eigenvalue weighted by Crippen LogP contribution is -2.46. The number of carboxylic acids is 1. The van der Waals surface area contributed by atoms with Crippen molar-refractivity contribution in [3.05, 3.63) is 0 Å². The molecule has 1 saturated heterocycles. The van der Waals surface area contributed by atoms with E-state index in [2.05, 4.69) is 0 Å². The summed E-state index contributed by atoms with van der Waals surface area (Å²) < 4.78 is 5.52. The quantitative estimate of drug-likeness (QED) is 0.771. The lowest BCUT2D eigenvalue weighted by Gasteiger charge is -2.34. The highest BCUT2D eigenvalue weighted by atomic mass is 16.5. The molecule has 0 aromatic carbocycles. The molecule has 1 amide bonds. The Hall–Kier alpha value is -1.14. The van der Waals surface area contributed by atoms with Gasteiger partial charge in [0.1, 0.15) is 0 Å². The fourth-order valence-electron chi connectivity index (χ4n) is 3.09. The number of nitrogens with two attached hydrogens (primary N) is 1. The number of carboxylic acid groups (broad SMARTS) is 1. The molecule has 1 aliphatic carbocycles. The number of rotatable bonds is 5. The summed E-state index contributed by atoms with van der Waals surface area (Å²) in [7, 11) is 0. The molecule has 2 atom stereocenters. The van der Waals surface area contributed by atoms with E-state index in [0.717, 1.165) is 32.1 Å². The molecule has 1 heterocycles. The maximum Gasteiger partial charge on any atom is 0.305 e. The van der Waals surface area contributed by atoms with Crippen LogP contribution in [0.4, 0.5) is 0 Å². The van der Waals surface area contributed by atoms with Gasteiger partial charge in [0.15, 0.2) is 0 Å². The van der Waals surface area contributed by atoms with E-state index >= 15 is 0 Å². The van der Waals surface area contributed by atoms with Gasteiger partial charge in [-0.05, 0) is 25.7 Å². The highest BCUT2D eigenvalue weighted by Gasteiger charge is 2.34. The summed E-state index contributed by atoms with van der Waals surface area (Å²) in [4.78, 5) is 24.7. The Bertz CT molecular complexity index is 353. The van der Waals surface area contributed by atoms with Crippen LogP contribution in [0.5, 0.6) is 0 Å². The van der Waals surface area contributed by atoms with Gasteiger partial charge in [-0.3, -0.25) is 9.59 Å². The van der Waals surface area contributed by atoms with Crippen LogP contribution in [0.2, 0.25) is 0 Å². The minimum Gasteiger partial charge on any atom is -0.481 e. The number of hydrogen-bond donors (Lipinski definition) is 2. The van der Waals surface area contributed by atoms with E-state index < -0.39 is 5.97 Å². The predicted octanol–water partition coefficient (Wildman–Crippen LogP) is 0.596. The van der Waals surface area contributed by atoms with Crippen molar-refractivity contribution in [1.29, 1.82) is 0 Å². The SMILES string of the molecule is NC1CCCC1C(=O)N1CCC(OCCC(=O)O)CC1. The molecular formula is C14H24N2O4. The maximum atomic E-state index is 12.3. The van der Waals surface area contributed by atoms with E-state index in [1.165, 1.54) is 0 Å². The van der Waals surface area contributed by atoms with Gasteiger partial charge in [-0.15, -0.1) is 0 Å². The first-order valence-corrected chi connectivity index (χ1v) is 7.45. The summed E-state index contributed by atoms with van der Waals surface area (Å²) in [6.45, 7) is 1.64. The summed E-state index contributed by atoms with van der Waals surface area (Å²) in [5.74, 6) is -0.647. The zero-order chi connectivity index (χ0) is 14.5. The molecule has 0 bridgehead atoms. The minimum atomic E-state index is -0.840. The number of nitrogens with zero attached hydrogens (tertiary/aromatic N) is 1. The number of amides is 1. The van der Waals surface area contributed by atoms with E-state index in [1.807, 2.05) is 4.90 Å². The molecule has 0 aromatic rings. The first-order valence-electron chi connectivity index (χ1n) is 7.45. The van der Waals surface area contributed by atoms with E-state index in [9.17, 15) is 9.59 Å². The lowest BCUT2D eigenvalue weighted by atomic mass is 10.00. The Morgan fingerprint density at radius 2 is 1.90 bits per heavy atom. The molecular weight excluding hydrogens is 260 g/mol. The smallest absolute Gasteiger partial charge is 0.305 e. The third-order valence-corrected chi connectivity index (χ3v) is 4.31. The number of carbonyl (C=O) groups excluding carboxylic acids is 1. The summed E-state index contributed by atoms with van der Waals surface area (Å²) in [5.41, 5.74) is 5.98. The molecule has 2 rings (SSSR count). The van der Waals surface area contributed by atoms with Crippen LogP contribution in [0.25, 0.3) is 0 Å². The predicted molar refractivity (Wildman–Crippen MR) is 73.1 cm³/mol. The third kappa shape index (κ3) is 3.93. The Labute approximate surface area is 119 Å². The van der Waals surface area contributed by atoms with Crippen LogP contribution in [-0.2, 0) is 14.3 Å². The molecule has 2 aliphatic rings. The molecule has 2 unspecified atom stereocenters. The number of likely N-dealkylation sites (tertiary alicyclic amines) is 1. The van der Waals surface area contributed by atoms with E-state index in [-0.39, 0.29) is 37.0 Å². The van der Waals surface area contributed by atoms with Crippen molar-refractivity contribution >= 4 is 11.9 Å². The fraction of sp³-hybridized carbons (Fsp3) is 0.857. The van der Waals surface area contributed by atoms with Crippen molar-refractivity contribution in [2.24, 2.45) is 11.7 Å². The van der Waals surface area contributed by atoms with Crippen LogP contribution in [0, 0.1) is 5.92 Å². The molecule has 1 aliphatic heterocycles. The highest BCUT2D eigenvalue weighted by Crippen LogP contribution is 2.27. The normalized spacial score (nSPS) is 27.8. The van der Waals surface area contributed by atoms with Crippen LogP contribution >= 0.6 is 0 Å². The Morgan fingerprint density at radius 3 is 2.45 bits per heavy atom. The van der Waals surface area contributed by atoms with Crippen LogP contribution in [-0.4, -0.2) is 53.7 Å².